The molecular formula is C13H17N5. The van der Waals surface area contributed by atoms with Crippen LogP contribution in [0.1, 0.15) is 5.56 Å². The highest BCUT2D eigenvalue weighted by molar-refractivity contribution is 5.75. The zero-order valence-corrected chi connectivity index (χ0v) is 10.8. The van der Waals surface area contributed by atoms with Gasteiger partial charge in [0.25, 0.3) is 0 Å². The van der Waals surface area contributed by atoms with Crippen LogP contribution < -0.4 is 16.0 Å². The first-order valence-electron chi connectivity index (χ1n) is 5.70. The number of nitrogen functional groups attached to an aromatic ring is 1. The summed E-state index contributed by atoms with van der Waals surface area (Å²) in [4.78, 5) is 10.2. The summed E-state index contributed by atoms with van der Waals surface area (Å²) in [5, 5.41) is 3.29. The van der Waals surface area contributed by atoms with E-state index in [9.17, 15) is 0 Å². The molecule has 1 heterocycles. The van der Waals surface area contributed by atoms with Crippen molar-refractivity contribution in [1.82, 2.24) is 9.97 Å². The van der Waals surface area contributed by atoms with Crippen molar-refractivity contribution in [2.24, 2.45) is 0 Å². The van der Waals surface area contributed by atoms with Crippen molar-refractivity contribution in [2.45, 2.75) is 6.92 Å². The van der Waals surface area contributed by atoms with Crippen LogP contribution >= 0.6 is 0 Å². The van der Waals surface area contributed by atoms with Gasteiger partial charge in [-0.25, -0.2) is 9.97 Å². The largest absolute Gasteiger partial charge is 0.383 e. The summed E-state index contributed by atoms with van der Waals surface area (Å²) in [5.41, 5.74) is 8.70. The summed E-state index contributed by atoms with van der Waals surface area (Å²) >= 11 is 0. The molecule has 18 heavy (non-hydrogen) atoms. The number of anilines is 4. The maximum Gasteiger partial charge on any atom is 0.138 e. The molecule has 94 valence electrons. The molecule has 0 aliphatic carbocycles. The van der Waals surface area contributed by atoms with Crippen LogP contribution in [0.15, 0.2) is 30.6 Å². The van der Waals surface area contributed by atoms with Crippen LogP contribution in [0.5, 0.6) is 0 Å². The number of para-hydroxylation sites is 2. The Morgan fingerprint density at radius 3 is 2.61 bits per heavy atom. The predicted octanol–water partition coefficient (Wildman–Crippen LogP) is 2.18. The monoisotopic (exact) mass is 243 g/mol. The molecule has 0 spiro atoms. The van der Waals surface area contributed by atoms with Crippen molar-refractivity contribution in [1.29, 1.82) is 0 Å². The molecule has 0 unspecified atom stereocenters. The number of hydrogen-bond donors (Lipinski definition) is 2. The maximum absolute atomic E-state index is 5.77. The van der Waals surface area contributed by atoms with Gasteiger partial charge in [0, 0.05) is 19.7 Å². The van der Waals surface area contributed by atoms with Gasteiger partial charge in [0.15, 0.2) is 0 Å². The number of aromatic nitrogens is 2. The molecule has 1 aromatic heterocycles. The Balaban J connectivity index is 2.37. The topological polar surface area (TPSA) is 67.1 Å². The third-order valence-corrected chi connectivity index (χ3v) is 2.76. The van der Waals surface area contributed by atoms with E-state index in [2.05, 4.69) is 15.3 Å². The maximum atomic E-state index is 5.77. The standard InChI is InChI=1S/C13H17N5/c1-9-12(14)15-8-16-13(9)17-10-6-4-5-7-11(10)18(2)3/h4-8H,1-3H3,(H3,14,15,16,17). The molecule has 3 N–H and O–H groups in total. The minimum absolute atomic E-state index is 0.495. The van der Waals surface area contributed by atoms with Crippen molar-refractivity contribution in [3.05, 3.63) is 36.2 Å². The average molecular weight is 243 g/mol. The Morgan fingerprint density at radius 2 is 1.89 bits per heavy atom. The van der Waals surface area contributed by atoms with Crippen LogP contribution in [-0.4, -0.2) is 24.1 Å². The summed E-state index contributed by atoms with van der Waals surface area (Å²) < 4.78 is 0. The van der Waals surface area contributed by atoms with Crippen molar-refractivity contribution in [3.8, 4) is 0 Å². The zero-order chi connectivity index (χ0) is 13.1. The van der Waals surface area contributed by atoms with Gasteiger partial charge in [-0.1, -0.05) is 12.1 Å². The molecule has 5 heteroatoms. The van der Waals surface area contributed by atoms with Gasteiger partial charge in [-0.05, 0) is 19.1 Å². The smallest absolute Gasteiger partial charge is 0.138 e. The minimum atomic E-state index is 0.495. The predicted molar refractivity (Wildman–Crippen MR) is 75.2 cm³/mol. The second-order valence-electron chi connectivity index (χ2n) is 4.27. The van der Waals surface area contributed by atoms with E-state index < -0.39 is 0 Å². The van der Waals surface area contributed by atoms with Crippen LogP contribution in [0.3, 0.4) is 0 Å². The van der Waals surface area contributed by atoms with Gasteiger partial charge in [-0.3, -0.25) is 0 Å². The van der Waals surface area contributed by atoms with Gasteiger partial charge in [0.2, 0.25) is 0 Å². The van der Waals surface area contributed by atoms with E-state index in [-0.39, 0.29) is 0 Å². The van der Waals surface area contributed by atoms with Crippen LogP contribution in [0, 0.1) is 6.92 Å². The molecule has 2 rings (SSSR count). The number of rotatable bonds is 3. The lowest BCUT2D eigenvalue weighted by atomic mass is 10.2. The van der Waals surface area contributed by atoms with Gasteiger partial charge < -0.3 is 16.0 Å². The summed E-state index contributed by atoms with van der Waals surface area (Å²) in [5.74, 6) is 1.23. The molecule has 0 bridgehead atoms. The van der Waals surface area contributed by atoms with Crippen LogP contribution in [0.25, 0.3) is 0 Å². The van der Waals surface area contributed by atoms with E-state index in [1.165, 1.54) is 6.33 Å². The SMILES string of the molecule is Cc1c(N)ncnc1Nc1ccccc1N(C)C. The van der Waals surface area contributed by atoms with Crippen LogP contribution in [0.2, 0.25) is 0 Å². The molecule has 0 fully saturated rings. The Morgan fingerprint density at radius 1 is 1.17 bits per heavy atom. The number of benzene rings is 1. The summed E-state index contributed by atoms with van der Waals surface area (Å²) in [6.45, 7) is 1.90. The number of nitrogens with zero attached hydrogens (tertiary/aromatic N) is 3. The second-order valence-corrected chi connectivity index (χ2v) is 4.27. The van der Waals surface area contributed by atoms with Gasteiger partial charge >= 0.3 is 0 Å². The van der Waals surface area contributed by atoms with E-state index in [0.717, 1.165) is 22.8 Å². The third-order valence-electron chi connectivity index (χ3n) is 2.76. The first kappa shape index (κ1) is 12.2. The van der Waals surface area contributed by atoms with Gasteiger partial charge in [-0.2, -0.15) is 0 Å². The van der Waals surface area contributed by atoms with Gasteiger partial charge in [-0.15, -0.1) is 0 Å². The molecule has 0 radical (unpaired) electrons. The molecule has 0 aliphatic heterocycles. The molecule has 0 aliphatic rings. The fraction of sp³-hybridized carbons (Fsp3) is 0.231. The van der Waals surface area contributed by atoms with Crippen LogP contribution in [0.4, 0.5) is 23.0 Å². The van der Waals surface area contributed by atoms with E-state index in [4.69, 9.17) is 5.73 Å². The van der Waals surface area contributed by atoms with E-state index in [0.29, 0.717) is 5.82 Å². The fourth-order valence-electron chi connectivity index (χ4n) is 1.69. The van der Waals surface area contributed by atoms with Crippen molar-refractivity contribution >= 4 is 23.0 Å². The summed E-state index contributed by atoms with van der Waals surface area (Å²) in [6, 6.07) is 8.03. The Bertz CT molecular complexity index is 551. The van der Waals surface area contributed by atoms with E-state index >= 15 is 0 Å². The number of nitrogens with one attached hydrogen (secondary N) is 1. The average Bonchev–Trinajstić information content (AvgIpc) is 2.35. The zero-order valence-electron chi connectivity index (χ0n) is 10.8. The molecule has 0 saturated carbocycles. The molecule has 5 nitrogen and oxygen atoms in total. The number of hydrogen-bond acceptors (Lipinski definition) is 5. The Kier molecular flexibility index (Phi) is 3.32. The third kappa shape index (κ3) is 2.34. The van der Waals surface area contributed by atoms with E-state index in [1.807, 2.05) is 50.2 Å². The van der Waals surface area contributed by atoms with Crippen molar-refractivity contribution < 1.29 is 0 Å². The first-order valence-corrected chi connectivity index (χ1v) is 5.70. The normalized spacial score (nSPS) is 10.2. The quantitative estimate of drug-likeness (QED) is 0.864. The van der Waals surface area contributed by atoms with Gasteiger partial charge in [0.05, 0.1) is 11.4 Å². The van der Waals surface area contributed by atoms with Crippen molar-refractivity contribution in [2.75, 3.05) is 30.0 Å². The molecule has 2 aromatic rings. The number of nitrogens with two attached hydrogens (primary N) is 1. The highest BCUT2D eigenvalue weighted by Crippen LogP contribution is 2.28. The molecular weight excluding hydrogens is 226 g/mol. The first-order chi connectivity index (χ1) is 8.59. The van der Waals surface area contributed by atoms with Gasteiger partial charge in [0.1, 0.15) is 18.0 Å². The van der Waals surface area contributed by atoms with E-state index in [1.54, 1.807) is 0 Å². The van der Waals surface area contributed by atoms with Crippen molar-refractivity contribution in [3.63, 3.8) is 0 Å². The highest BCUT2D eigenvalue weighted by Gasteiger charge is 2.08. The lowest BCUT2D eigenvalue weighted by Crippen LogP contribution is -2.11. The summed E-state index contributed by atoms with van der Waals surface area (Å²) in [7, 11) is 4.00. The Labute approximate surface area is 107 Å². The lowest BCUT2D eigenvalue weighted by molar-refractivity contribution is 1.12. The lowest BCUT2D eigenvalue weighted by Gasteiger charge is -2.18. The van der Waals surface area contributed by atoms with Crippen LogP contribution in [-0.2, 0) is 0 Å². The fourth-order valence-corrected chi connectivity index (χ4v) is 1.69. The molecule has 0 saturated heterocycles. The molecule has 0 atom stereocenters. The molecule has 1 aromatic carbocycles. The summed E-state index contributed by atoms with van der Waals surface area (Å²) in [6.07, 6.45) is 1.46. The highest BCUT2D eigenvalue weighted by atomic mass is 15.1. The second kappa shape index (κ2) is 4.91. The minimum Gasteiger partial charge on any atom is -0.383 e. The molecule has 0 amide bonds. The Hall–Kier alpha value is -2.30.